The largest absolute Gasteiger partial charge is 0.399 e. The van der Waals surface area contributed by atoms with Crippen LogP contribution in [0.2, 0.25) is 5.02 Å². The molecule has 108 valence electrons. The normalized spacial score (nSPS) is 11.6. The monoisotopic (exact) mass is 314 g/mol. The first kappa shape index (κ1) is 14.7. The number of anilines is 2. The van der Waals surface area contributed by atoms with Crippen LogP contribution in [0.15, 0.2) is 23.1 Å². The van der Waals surface area contributed by atoms with Gasteiger partial charge in [-0.1, -0.05) is 11.6 Å². The quantitative estimate of drug-likeness (QED) is 0.849. The number of benzene rings is 1. The van der Waals surface area contributed by atoms with E-state index < -0.39 is 10.0 Å². The molecule has 0 fully saturated rings. The molecule has 8 heteroatoms. The van der Waals surface area contributed by atoms with Gasteiger partial charge in [0.2, 0.25) is 0 Å². The number of hydrogen-bond acceptors (Lipinski definition) is 4. The van der Waals surface area contributed by atoms with Crippen molar-refractivity contribution in [2.24, 2.45) is 7.05 Å². The topological polar surface area (TPSA) is 90.0 Å². The molecule has 0 aliphatic heterocycles. The zero-order valence-electron chi connectivity index (χ0n) is 11.3. The number of nitrogens with zero attached hydrogens (tertiary/aromatic N) is 2. The number of nitrogens with two attached hydrogens (primary N) is 1. The van der Waals surface area contributed by atoms with Gasteiger partial charge >= 0.3 is 0 Å². The summed E-state index contributed by atoms with van der Waals surface area (Å²) in [6, 6.07) is 4.59. The molecule has 1 aromatic carbocycles. The molecule has 0 unspecified atom stereocenters. The Morgan fingerprint density at radius 2 is 2.00 bits per heavy atom. The van der Waals surface area contributed by atoms with Gasteiger partial charge in [0.15, 0.2) is 0 Å². The van der Waals surface area contributed by atoms with Gasteiger partial charge in [-0.3, -0.25) is 9.40 Å². The van der Waals surface area contributed by atoms with Crippen molar-refractivity contribution < 1.29 is 8.42 Å². The summed E-state index contributed by atoms with van der Waals surface area (Å²) >= 11 is 5.98. The lowest BCUT2D eigenvalue weighted by Crippen LogP contribution is -2.15. The van der Waals surface area contributed by atoms with Crippen molar-refractivity contribution in [1.82, 2.24) is 9.78 Å². The van der Waals surface area contributed by atoms with Crippen LogP contribution in [-0.2, 0) is 17.1 Å². The molecule has 2 aromatic rings. The SMILES string of the molecule is Cc1nn(C)c(C)c1S(=O)(=O)Nc1ccc(N)cc1Cl. The summed E-state index contributed by atoms with van der Waals surface area (Å²) in [4.78, 5) is 0.160. The minimum absolute atomic E-state index is 0.160. The summed E-state index contributed by atoms with van der Waals surface area (Å²) in [7, 11) is -2.06. The van der Waals surface area contributed by atoms with E-state index in [0.717, 1.165) is 0 Å². The van der Waals surface area contributed by atoms with Crippen molar-refractivity contribution in [1.29, 1.82) is 0 Å². The van der Waals surface area contributed by atoms with Gasteiger partial charge in [0.1, 0.15) is 4.90 Å². The Kier molecular flexibility index (Phi) is 3.66. The highest BCUT2D eigenvalue weighted by Crippen LogP contribution is 2.28. The maximum absolute atomic E-state index is 12.4. The van der Waals surface area contributed by atoms with Crippen molar-refractivity contribution in [2.45, 2.75) is 18.7 Å². The lowest BCUT2D eigenvalue weighted by Gasteiger charge is -2.10. The van der Waals surface area contributed by atoms with E-state index >= 15 is 0 Å². The molecule has 1 aromatic heterocycles. The molecule has 0 atom stereocenters. The minimum atomic E-state index is -3.75. The van der Waals surface area contributed by atoms with E-state index in [4.69, 9.17) is 17.3 Å². The van der Waals surface area contributed by atoms with E-state index in [-0.39, 0.29) is 15.6 Å². The summed E-state index contributed by atoms with van der Waals surface area (Å²) in [5.74, 6) is 0. The fourth-order valence-electron chi connectivity index (χ4n) is 1.95. The third kappa shape index (κ3) is 2.59. The standard InChI is InChI=1S/C12H15ClN4O2S/c1-7-12(8(2)17(3)15-7)20(18,19)16-11-5-4-9(14)6-10(11)13/h4-6,16H,14H2,1-3H3. The van der Waals surface area contributed by atoms with E-state index in [1.54, 1.807) is 27.0 Å². The van der Waals surface area contributed by atoms with Gasteiger partial charge in [-0.2, -0.15) is 5.10 Å². The maximum Gasteiger partial charge on any atom is 0.265 e. The molecule has 6 nitrogen and oxygen atoms in total. The van der Waals surface area contributed by atoms with E-state index in [1.165, 1.54) is 16.8 Å². The molecular formula is C12H15ClN4O2S. The molecule has 0 bridgehead atoms. The van der Waals surface area contributed by atoms with Gasteiger partial charge in [-0.05, 0) is 32.0 Å². The molecule has 0 saturated heterocycles. The van der Waals surface area contributed by atoms with Crippen molar-refractivity contribution in [3.63, 3.8) is 0 Å². The molecule has 0 spiro atoms. The minimum Gasteiger partial charge on any atom is -0.399 e. The molecule has 0 amide bonds. The third-order valence-electron chi connectivity index (χ3n) is 2.95. The second-order valence-electron chi connectivity index (χ2n) is 4.47. The van der Waals surface area contributed by atoms with Crippen LogP contribution in [0.1, 0.15) is 11.4 Å². The molecule has 20 heavy (non-hydrogen) atoms. The Bertz CT molecular complexity index is 768. The first-order valence-electron chi connectivity index (χ1n) is 5.80. The van der Waals surface area contributed by atoms with Crippen LogP contribution in [0.5, 0.6) is 0 Å². The third-order valence-corrected chi connectivity index (χ3v) is 4.88. The number of sulfonamides is 1. The molecule has 1 heterocycles. The van der Waals surface area contributed by atoms with Crippen LogP contribution in [0.4, 0.5) is 11.4 Å². The summed E-state index contributed by atoms with van der Waals surface area (Å²) in [6.07, 6.45) is 0. The first-order chi connectivity index (χ1) is 9.22. The summed E-state index contributed by atoms with van der Waals surface area (Å²) < 4.78 is 28.9. The predicted octanol–water partition coefficient (Wildman–Crippen LogP) is 2.07. The van der Waals surface area contributed by atoms with Crippen molar-refractivity contribution in [2.75, 3.05) is 10.5 Å². The molecule has 3 N–H and O–H groups in total. The van der Waals surface area contributed by atoms with Crippen LogP contribution in [0, 0.1) is 13.8 Å². The van der Waals surface area contributed by atoms with E-state index in [9.17, 15) is 8.42 Å². The highest BCUT2D eigenvalue weighted by atomic mass is 35.5. The van der Waals surface area contributed by atoms with Gasteiger partial charge in [-0.15, -0.1) is 0 Å². The molecular weight excluding hydrogens is 300 g/mol. The van der Waals surface area contributed by atoms with Crippen LogP contribution >= 0.6 is 11.6 Å². The molecule has 0 radical (unpaired) electrons. The lowest BCUT2D eigenvalue weighted by molar-refractivity contribution is 0.599. The zero-order valence-corrected chi connectivity index (χ0v) is 12.9. The smallest absolute Gasteiger partial charge is 0.265 e. The van der Waals surface area contributed by atoms with Crippen LogP contribution in [0.3, 0.4) is 0 Å². The number of rotatable bonds is 3. The Hall–Kier alpha value is -1.73. The van der Waals surface area contributed by atoms with Crippen LogP contribution in [0.25, 0.3) is 0 Å². The summed E-state index contributed by atoms with van der Waals surface area (Å²) in [5.41, 5.74) is 7.32. The Balaban J connectivity index is 2.46. The Morgan fingerprint density at radius 3 is 2.50 bits per heavy atom. The molecule has 0 aliphatic carbocycles. The number of hydrogen-bond donors (Lipinski definition) is 2. The van der Waals surface area contributed by atoms with E-state index in [0.29, 0.717) is 17.1 Å². The van der Waals surface area contributed by atoms with Crippen molar-refractivity contribution in [3.8, 4) is 0 Å². The van der Waals surface area contributed by atoms with Gasteiger partial charge in [0.05, 0.1) is 22.1 Å². The maximum atomic E-state index is 12.4. The summed E-state index contributed by atoms with van der Waals surface area (Å²) in [5, 5.41) is 4.34. The van der Waals surface area contributed by atoms with Gasteiger partial charge < -0.3 is 5.73 Å². The average molecular weight is 315 g/mol. The fourth-order valence-corrected chi connectivity index (χ4v) is 3.77. The number of halogens is 1. The van der Waals surface area contributed by atoms with E-state index in [2.05, 4.69) is 9.82 Å². The van der Waals surface area contributed by atoms with Gasteiger partial charge in [0.25, 0.3) is 10.0 Å². The molecule has 0 aliphatic rings. The number of nitrogen functional groups attached to an aromatic ring is 1. The fraction of sp³-hybridized carbons (Fsp3) is 0.250. The second kappa shape index (κ2) is 4.99. The number of aryl methyl sites for hydroxylation is 2. The summed E-state index contributed by atoms with van der Waals surface area (Å²) in [6.45, 7) is 3.34. The Morgan fingerprint density at radius 1 is 1.35 bits per heavy atom. The second-order valence-corrected chi connectivity index (χ2v) is 6.49. The zero-order chi connectivity index (χ0) is 15.1. The van der Waals surface area contributed by atoms with E-state index in [1.807, 2.05) is 0 Å². The molecule has 2 rings (SSSR count). The number of aromatic nitrogens is 2. The predicted molar refractivity (Wildman–Crippen MR) is 79.4 cm³/mol. The lowest BCUT2D eigenvalue weighted by atomic mass is 10.3. The van der Waals surface area contributed by atoms with Gasteiger partial charge in [0, 0.05) is 12.7 Å². The first-order valence-corrected chi connectivity index (χ1v) is 7.66. The van der Waals surface area contributed by atoms with Crippen LogP contribution in [-0.4, -0.2) is 18.2 Å². The van der Waals surface area contributed by atoms with Gasteiger partial charge in [-0.25, -0.2) is 8.42 Å². The number of nitrogens with one attached hydrogen (secondary N) is 1. The molecule has 0 saturated carbocycles. The van der Waals surface area contributed by atoms with Crippen molar-refractivity contribution in [3.05, 3.63) is 34.6 Å². The van der Waals surface area contributed by atoms with Crippen LogP contribution < -0.4 is 10.5 Å². The Labute approximate surface area is 122 Å². The highest BCUT2D eigenvalue weighted by molar-refractivity contribution is 7.92. The average Bonchev–Trinajstić information content (AvgIpc) is 2.57. The van der Waals surface area contributed by atoms with Crippen molar-refractivity contribution >= 4 is 33.0 Å². The highest BCUT2D eigenvalue weighted by Gasteiger charge is 2.24.